The van der Waals surface area contributed by atoms with Gasteiger partial charge in [0.15, 0.2) is 5.82 Å². The molecule has 98 valence electrons. The molecule has 1 aromatic heterocycles. The molecule has 0 saturated heterocycles. The Morgan fingerprint density at radius 2 is 2.05 bits per heavy atom. The van der Waals surface area contributed by atoms with Gasteiger partial charge in [0, 0.05) is 13.0 Å². The molecule has 2 rings (SSSR count). The van der Waals surface area contributed by atoms with E-state index in [-0.39, 0.29) is 6.42 Å². The van der Waals surface area contributed by atoms with Crippen LogP contribution in [0.2, 0.25) is 0 Å². The highest BCUT2D eigenvalue weighted by atomic mass is 16.4. The Bertz CT molecular complexity index is 563. The van der Waals surface area contributed by atoms with Crippen molar-refractivity contribution in [1.82, 2.24) is 20.2 Å². The monoisotopic (exact) mass is 258 g/mol. The average molecular weight is 258 g/mol. The minimum Gasteiger partial charge on any atom is -0.481 e. The second-order valence-corrected chi connectivity index (χ2v) is 4.00. The Morgan fingerprint density at radius 3 is 2.79 bits per heavy atom. The summed E-state index contributed by atoms with van der Waals surface area (Å²) in [6, 6.07) is 9.82. The molecule has 0 aliphatic heterocycles. The number of benzene rings is 1. The van der Waals surface area contributed by atoms with Crippen molar-refractivity contribution in [3.05, 3.63) is 41.7 Å². The van der Waals surface area contributed by atoms with Crippen LogP contribution in [0.5, 0.6) is 0 Å². The Balaban J connectivity index is 1.99. The van der Waals surface area contributed by atoms with E-state index in [0.717, 1.165) is 5.56 Å². The number of aromatic nitrogens is 4. The van der Waals surface area contributed by atoms with Gasteiger partial charge in [0.25, 0.3) is 0 Å². The fourth-order valence-electron chi connectivity index (χ4n) is 1.61. The maximum Gasteiger partial charge on any atom is 0.303 e. The largest absolute Gasteiger partial charge is 0.481 e. The standard InChI is InChI=1S/C13H14N4O2/c18-13(19)7-4-10-17-12(14-15-16-17)9-8-11-5-2-1-3-6-11/h1-3,5-6,8-9H,4,7,10H2,(H,18,19)/b9-8+. The number of rotatable bonds is 6. The summed E-state index contributed by atoms with van der Waals surface area (Å²) >= 11 is 0. The van der Waals surface area contributed by atoms with E-state index >= 15 is 0 Å². The predicted molar refractivity (Wildman–Crippen MR) is 70.1 cm³/mol. The average Bonchev–Trinajstić information content (AvgIpc) is 2.85. The van der Waals surface area contributed by atoms with E-state index in [4.69, 9.17) is 5.11 Å². The van der Waals surface area contributed by atoms with Crippen molar-refractivity contribution in [2.75, 3.05) is 0 Å². The molecule has 0 aliphatic carbocycles. The summed E-state index contributed by atoms with van der Waals surface area (Å²) < 4.78 is 1.60. The second kappa shape index (κ2) is 6.44. The topological polar surface area (TPSA) is 80.9 Å². The zero-order valence-corrected chi connectivity index (χ0v) is 10.3. The van der Waals surface area contributed by atoms with Crippen molar-refractivity contribution in [2.45, 2.75) is 19.4 Å². The molecule has 0 fully saturated rings. The SMILES string of the molecule is O=C(O)CCCn1nnnc1/C=C/c1ccccc1. The van der Waals surface area contributed by atoms with Gasteiger partial charge in [0.1, 0.15) is 0 Å². The zero-order chi connectivity index (χ0) is 13.5. The van der Waals surface area contributed by atoms with Gasteiger partial charge in [0.05, 0.1) is 0 Å². The molecule has 1 N–H and O–H groups in total. The van der Waals surface area contributed by atoms with Gasteiger partial charge in [-0.25, -0.2) is 4.68 Å². The molecule has 0 atom stereocenters. The fraction of sp³-hybridized carbons (Fsp3) is 0.231. The normalized spacial score (nSPS) is 10.9. The predicted octanol–water partition coefficient (Wildman–Crippen LogP) is 1.71. The van der Waals surface area contributed by atoms with Crippen molar-refractivity contribution < 1.29 is 9.90 Å². The van der Waals surface area contributed by atoms with E-state index in [1.54, 1.807) is 4.68 Å². The minimum absolute atomic E-state index is 0.113. The Kier molecular flexibility index (Phi) is 4.39. The molecular weight excluding hydrogens is 244 g/mol. The van der Waals surface area contributed by atoms with E-state index in [2.05, 4.69) is 15.5 Å². The summed E-state index contributed by atoms with van der Waals surface area (Å²) in [5.41, 5.74) is 1.06. The van der Waals surface area contributed by atoms with Crippen molar-refractivity contribution in [3.8, 4) is 0 Å². The van der Waals surface area contributed by atoms with Crippen LogP contribution in [0.25, 0.3) is 12.2 Å². The first-order valence-electron chi connectivity index (χ1n) is 5.97. The maximum absolute atomic E-state index is 10.4. The van der Waals surface area contributed by atoms with E-state index in [1.165, 1.54) is 0 Å². The molecule has 6 heteroatoms. The van der Waals surface area contributed by atoms with Gasteiger partial charge >= 0.3 is 5.97 Å². The lowest BCUT2D eigenvalue weighted by atomic mass is 10.2. The van der Waals surface area contributed by atoms with Crippen LogP contribution in [0.1, 0.15) is 24.2 Å². The van der Waals surface area contributed by atoms with Crippen LogP contribution in [0.4, 0.5) is 0 Å². The first-order valence-corrected chi connectivity index (χ1v) is 5.97. The number of hydrogen-bond acceptors (Lipinski definition) is 4. The van der Waals surface area contributed by atoms with Crippen LogP contribution in [-0.2, 0) is 11.3 Å². The molecule has 0 amide bonds. The quantitative estimate of drug-likeness (QED) is 0.853. The lowest BCUT2D eigenvalue weighted by Gasteiger charge is -1.99. The Hall–Kier alpha value is -2.50. The molecule has 1 heterocycles. The van der Waals surface area contributed by atoms with Crippen molar-refractivity contribution in [1.29, 1.82) is 0 Å². The third-order valence-electron chi connectivity index (χ3n) is 2.54. The Morgan fingerprint density at radius 1 is 1.26 bits per heavy atom. The molecular formula is C13H14N4O2. The van der Waals surface area contributed by atoms with Gasteiger partial charge in [-0.05, 0) is 28.5 Å². The van der Waals surface area contributed by atoms with Gasteiger partial charge < -0.3 is 5.11 Å². The lowest BCUT2D eigenvalue weighted by molar-refractivity contribution is -0.137. The van der Waals surface area contributed by atoms with Crippen LogP contribution in [0.15, 0.2) is 30.3 Å². The molecule has 19 heavy (non-hydrogen) atoms. The van der Waals surface area contributed by atoms with Crippen LogP contribution < -0.4 is 0 Å². The third-order valence-corrected chi connectivity index (χ3v) is 2.54. The second-order valence-electron chi connectivity index (χ2n) is 4.00. The van der Waals surface area contributed by atoms with Gasteiger partial charge in [-0.2, -0.15) is 0 Å². The highest BCUT2D eigenvalue weighted by Gasteiger charge is 2.03. The fourth-order valence-corrected chi connectivity index (χ4v) is 1.61. The molecule has 0 unspecified atom stereocenters. The summed E-state index contributed by atoms with van der Waals surface area (Å²) in [7, 11) is 0. The number of aliphatic carboxylic acids is 1. The van der Waals surface area contributed by atoms with E-state index < -0.39 is 5.97 Å². The summed E-state index contributed by atoms with van der Waals surface area (Å²) in [6.45, 7) is 0.494. The molecule has 0 spiro atoms. The highest BCUT2D eigenvalue weighted by molar-refractivity contribution is 5.67. The number of hydrogen-bond donors (Lipinski definition) is 1. The molecule has 1 aromatic carbocycles. The molecule has 0 saturated carbocycles. The van der Waals surface area contributed by atoms with Crippen LogP contribution >= 0.6 is 0 Å². The number of carboxylic acid groups (broad SMARTS) is 1. The van der Waals surface area contributed by atoms with E-state index in [1.807, 2.05) is 42.5 Å². The molecule has 6 nitrogen and oxygen atoms in total. The summed E-state index contributed by atoms with van der Waals surface area (Å²) in [5.74, 6) is -0.191. The number of tetrazole rings is 1. The number of aryl methyl sites for hydroxylation is 1. The van der Waals surface area contributed by atoms with Crippen LogP contribution in [0, 0.1) is 0 Å². The van der Waals surface area contributed by atoms with Crippen LogP contribution in [-0.4, -0.2) is 31.3 Å². The van der Waals surface area contributed by atoms with Crippen molar-refractivity contribution in [3.63, 3.8) is 0 Å². The smallest absolute Gasteiger partial charge is 0.303 e. The van der Waals surface area contributed by atoms with Gasteiger partial charge in [-0.1, -0.05) is 36.4 Å². The first kappa shape index (κ1) is 12.9. The van der Waals surface area contributed by atoms with Gasteiger partial charge in [-0.15, -0.1) is 5.10 Å². The Labute approximate surface area is 110 Å². The van der Waals surface area contributed by atoms with E-state index in [9.17, 15) is 4.79 Å². The van der Waals surface area contributed by atoms with E-state index in [0.29, 0.717) is 18.8 Å². The highest BCUT2D eigenvalue weighted by Crippen LogP contribution is 2.06. The molecule has 0 aliphatic rings. The third kappa shape index (κ3) is 4.02. The zero-order valence-electron chi connectivity index (χ0n) is 10.3. The molecule has 0 bridgehead atoms. The molecule has 2 aromatic rings. The summed E-state index contributed by atoms with van der Waals surface area (Å²) in [4.78, 5) is 10.4. The summed E-state index contributed by atoms with van der Waals surface area (Å²) in [6.07, 6.45) is 4.35. The van der Waals surface area contributed by atoms with Gasteiger partial charge in [-0.3, -0.25) is 4.79 Å². The minimum atomic E-state index is -0.811. The van der Waals surface area contributed by atoms with Gasteiger partial charge in [0.2, 0.25) is 0 Å². The van der Waals surface area contributed by atoms with Crippen molar-refractivity contribution in [2.24, 2.45) is 0 Å². The van der Waals surface area contributed by atoms with Crippen molar-refractivity contribution >= 4 is 18.1 Å². The lowest BCUT2D eigenvalue weighted by Crippen LogP contribution is -2.05. The number of carboxylic acids is 1. The molecule has 0 radical (unpaired) electrons. The number of nitrogens with zero attached hydrogens (tertiary/aromatic N) is 4. The maximum atomic E-state index is 10.4. The first-order chi connectivity index (χ1) is 9.25. The number of carbonyl (C=O) groups is 1. The van der Waals surface area contributed by atoms with Crippen LogP contribution in [0.3, 0.4) is 0 Å². The summed E-state index contributed by atoms with van der Waals surface area (Å²) in [5, 5.41) is 19.9.